The van der Waals surface area contributed by atoms with Crippen molar-refractivity contribution in [1.29, 1.82) is 0 Å². The Labute approximate surface area is 211 Å². The molecule has 36 heavy (non-hydrogen) atoms. The molecule has 0 saturated heterocycles. The molecule has 0 saturated carbocycles. The summed E-state index contributed by atoms with van der Waals surface area (Å²) in [4.78, 5) is 15.6. The van der Waals surface area contributed by atoms with Crippen LogP contribution in [0.25, 0.3) is 11.3 Å². The predicted octanol–water partition coefficient (Wildman–Crippen LogP) is 6.05. The van der Waals surface area contributed by atoms with Gasteiger partial charge in [0.25, 0.3) is 5.91 Å². The molecule has 184 valence electrons. The Kier molecular flexibility index (Phi) is 7.03. The zero-order valence-electron chi connectivity index (χ0n) is 20.7. The average molecular weight is 482 g/mol. The lowest BCUT2D eigenvalue weighted by molar-refractivity contribution is 0.0746. The highest BCUT2D eigenvalue weighted by atomic mass is 16.5. The van der Waals surface area contributed by atoms with E-state index in [1.54, 1.807) is 7.11 Å². The largest absolute Gasteiger partial charge is 0.497 e. The topological polar surface area (TPSA) is 67.5 Å². The highest BCUT2D eigenvalue weighted by Gasteiger charge is 2.41. The van der Waals surface area contributed by atoms with Crippen molar-refractivity contribution in [2.24, 2.45) is 0 Å². The number of H-pyrrole nitrogens is 1. The number of hydrogen-bond donors (Lipinski definition) is 1. The molecule has 1 N–H and O–H groups in total. The number of methoxy groups -OCH3 is 1. The molecule has 6 heteroatoms. The third kappa shape index (κ3) is 4.71. The number of nitrogens with zero attached hydrogens (tertiary/aromatic N) is 2. The van der Waals surface area contributed by atoms with Gasteiger partial charge >= 0.3 is 0 Å². The number of carbonyl (C=O) groups is 1. The first-order valence-corrected chi connectivity index (χ1v) is 12.5. The van der Waals surface area contributed by atoms with E-state index in [4.69, 9.17) is 9.47 Å². The molecule has 0 fully saturated rings. The molecule has 1 amide bonds. The summed E-state index contributed by atoms with van der Waals surface area (Å²) >= 11 is 0. The summed E-state index contributed by atoms with van der Waals surface area (Å²) in [6.07, 6.45) is 2.89. The van der Waals surface area contributed by atoms with Gasteiger partial charge in [-0.05, 0) is 60.4 Å². The molecule has 4 aromatic rings. The van der Waals surface area contributed by atoms with Crippen molar-refractivity contribution in [1.82, 2.24) is 15.1 Å². The number of amides is 1. The summed E-state index contributed by atoms with van der Waals surface area (Å²) in [6, 6.07) is 25.9. The van der Waals surface area contributed by atoms with Gasteiger partial charge in [-0.3, -0.25) is 9.89 Å². The van der Waals surface area contributed by atoms with Crippen molar-refractivity contribution in [2.75, 3.05) is 20.3 Å². The van der Waals surface area contributed by atoms with E-state index in [2.05, 4.69) is 41.4 Å². The van der Waals surface area contributed by atoms with Crippen LogP contribution in [0.5, 0.6) is 11.5 Å². The van der Waals surface area contributed by atoms with Crippen LogP contribution in [0.1, 0.15) is 53.0 Å². The van der Waals surface area contributed by atoms with Gasteiger partial charge in [-0.1, -0.05) is 55.8 Å². The molecular formula is C30H31N3O3. The molecule has 2 heterocycles. The Hall–Kier alpha value is -4.06. The van der Waals surface area contributed by atoms with Gasteiger partial charge in [0.1, 0.15) is 17.2 Å². The summed E-state index contributed by atoms with van der Waals surface area (Å²) in [5, 5.41) is 7.61. The number of carbonyl (C=O) groups excluding carboxylic acids is 1. The van der Waals surface area contributed by atoms with Crippen LogP contribution in [0.3, 0.4) is 0 Å². The van der Waals surface area contributed by atoms with E-state index >= 15 is 0 Å². The monoisotopic (exact) mass is 481 g/mol. The standard InChI is InChI=1S/C30H31N3O3/c1-3-4-20-36-25-16-12-23(13-17-25)29-26-27(22-10-14-24(35-2)15-11-22)31-32-28(26)30(34)33(29)19-18-21-8-6-5-7-9-21/h5-17,29H,3-4,18-20H2,1-2H3,(H,31,32). The molecule has 1 unspecified atom stereocenters. The second kappa shape index (κ2) is 10.7. The van der Waals surface area contributed by atoms with Crippen molar-refractivity contribution in [3.05, 3.63) is 101 Å². The van der Waals surface area contributed by atoms with Crippen LogP contribution in [-0.4, -0.2) is 41.3 Å². The van der Waals surface area contributed by atoms with Gasteiger partial charge in [-0.2, -0.15) is 5.10 Å². The van der Waals surface area contributed by atoms with Crippen molar-refractivity contribution in [3.63, 3.8) is 0 Å². The highest BCUT2D eigenvalue weighted by Crippen LogP contribution is 2.43. The predicted molar refractivity (Wildman–Crippen MR) is 140 cm³/mol. The van der Waals surface area contributed by atoms with Crippen LogP contribution < -0.4 is 9.47 Å². The zero-order valence-corrected chi connectivity index (χ0v) is 20.7. The Morgan fingerprint density at radius 2 is 1.67 bits per heavy atom. The van der Waals surface area contributed by atoms with Crippen LogP contribution in [0, 0.1) is 0 Å². The minimum atomic E-state index is -0.239. The van der Waals surface area contributed by atoms with E-state index in [0.29, 0.717) is 18.8 Å². The lowest BCUT2D eigenvalue weighted by Gasteiger charge is -2.26. The summed E-state index contributed by atoms with van der Waals surface area (Å²) in [7, 11) is 1.65. The van der Waals surface area contributed by atoms with Crippen molar-refractivity contribution in [2.45, 2.75) is 32.2 Å². The second-order valence-electron chi connectivity index (χ2n) is 9.00. The van der Waals surface area contributed by atoms with Gasteiger partial charge in [0.2, 0.25) is 0 Å². The SMILES string of the molecule is CCCCOc1ccc(C2c3c(-c4ccc(OC)cc4)n[nH]c3C(=O)N2CCc2ccccc2)cc1. The van der Waals surface area contributed by atoms with Crippen LogP contribution in [-0.2, 0) is 6.42 Å². The molecule has 0 bridgehead atoms. The van der Waals surface area contributed by atoms with E-state index in [9.17, 15) is 4.79 Å². The van der Waals surface area contributed by atoms with Gasteiger partial charge in [0.05, 0.1) is 25.5 Å². The van der Waals surface area contributed by atoms with E-state index < -0.39 is 0 Å². The number of unbranched alkanes of at least 4 members (excludes halogenated alkanes) is 1. The molecule has 0 spiro atoms. The highest BCUT2D eigenvalue weighted by molar-refractivity contribution is 6.00. The van der Waals surface area contributed by atoms with E-state index in [-0.39, 0.29) is 11.9 Å². The molecule has 5 rings (SSSR count). The summed E-state index contributed by atoms with van der Waals surface area (Å²) in [5.74, 6) is 1.60. The molecule has 0 aliphatic carbocycles. The van der Waals surface area contributed by atoms with Gasteiger partial charge in [0.15, 0.2) is 0 Å². The van der Waals surface area contributed by atoms with Crippen molar-refractivity contribution in [3.8, 4) is 22.8 Å². The maximum Gasteiger partial charge on any atom is 0.273 e. The lowest BCUT2D eigenvalue weighted by atomic mass is 9.95. The van der Waals surface area contributed by atoms with Gasteiger partial charge < -0.3 is 14.4 Å². The summed E-state index contributed by atoms with van der Waals surface area (Å²) in [5.41, 5.74) is 5.44. The normalized spacial score (nSPS) is 14.7. The number of rotatable bonds is 10. The minimum absolute atomic E-state index is 0.0264. The van der Waals surface area contributed by atoms with E-state index in [0.717, 1.165) is 53.1 Å². The molecule has 6 nitrogen and oxygen atoms in total. The van der Waals surface area contributed by atoms with Crippen molar-refractivity contribution >= 4 is 5.91 Å². The summed E-state index contributed by atoms with van der Waals surface area (Å²) in [6.45, 7) is 3.46. The number of aromatic nitrogens is 2. The maximum absolute atomic E-state index is 13.6. The van der Waals surface area contributed by atoms with Gasteiger partial charge in [-0.25, -0.2) is 0 Å². The Morgan fingerprint density at radius 3 is 2.36 bits per heavy atom. The first-order valence-electron chi connectivity index (χ1n) is 12.5. The number of benzene rings is 3. The van der Waals surface area contributed by atoms with Crippen LogP contribution >= 0.6 is 0 Å². The molecular weight excluding hydrogens is 450 g/mol. The summed E-state index contributed by atoms with van der Waals surface area (Å²) < 4.78 is 11.2. The smallest absolute Gasteiger partial charge is 0.273 e. The molecule has 1 aliphatic heterocycles. The van der Waals surface area contributed by atoms with Crippen LogP contribution in [0.15, 0.2) is 78.9 Å². The Balaban J connectivity index is 1.50. The molecule has 1 atom stereocenters. The first-order chi connectivity index (χ1) is 17.7. The zero-order chi connectivity index (χ0) is 24.9. The first kappa shape index (κ1) is 23.7. The molecule has 1 aromatic heterocycles. The molecule has 1 aliphatic rings. The molecule has 3 aromatic carbocycles. The van der Waals surface area contributed by atoms with Crippen molar-refractivity contribution < 1.29 is 14.3 Å². The number of aromatic amines is 1. The fourth-order valence-electron chi connectivity index (χ4n) is 4.72. The fourth-order valence-corrected chi connectivity index (χ4v) is 4.72. The second-order valence-corrected chi connectivity index (χ2v) is 9.00. The lowest BCUT2D eigenvalue weighted by Crippen LogP contribution is -2.31. The van der Waals surface area contributed by atoms with Crippen LogP contribution in [0.2, 0.25) is 0 Å². The number of fused-ring (bicyclic) bond motifs is 1. The van der Waals surface area contributed by atoms with E-state index in [1.807, 2.05) is 59.5 Å². The fraction of sp³-hybridized carbons (Fsp3) is 0.267. The number of nitrogens with one attached hydrogen (secondary N) is 1. The third-order valence-corrected chi connectivity index (χ3v) is 6.67. The minimum Gasteiger partial charge on any atom is -0.497 e. The van der Waals surface area contributed by atoms with Gasteiger partial charge in [-0.15, -0.1) is 0 Å². The van der Waals surface area contributed by atoms with E-state index in [1.165, 1.54) is 5.56 Å². The quantitative estimate of drug-likeness (QED) is 0.280. The third-order valence-electron chi connectivity index (χ3n) is 6.67. The average Bonchev–Trinajstić information content (AvgIpc) is 3.47. The Morgan fingerprint density at radius 1 is 0.944 bits per heavy atom. The van der Waals surface area contributed by atoms with Gasteiger partial charge in [0, 0.05) is 17.7 Å². The number of hydrogen-bond acceptors (Lipinski definition) is 4. The number of ether oxygens (including phenoxy) is 2. The Bertz CT molecular complexity index is 1300. The maximum atomic E-state index is 13.6. The van der Waals surface area contributed by atoms with Crippen LogP contribution in [0.4, 0.5) is 0 Å². The molecule has 0 radical (unpaired) electrons.